The van der Waals surface area contributed by atoms with Gasteiger partial charge in [-0.05, 0) is 159 Å². The maximum absolute atomic E-state index is 13.3. The number of hydrogen-bond acceptors (Lipinski definition) is 4. The smallest absolute Gasteiger partial charge is 0.339 e. The van der Waals surface area contributed by atoms with Crippen molar-refractivity contribution in [3.05, 3.63) is 33.4 Å². The van der Waals surface area contributed by atoms with Crippen molar-refractivity contribution in [2.45, 2.75) is 102 Å². The molecule has 8 fully saturated rings. The fourth-order valence-electron chi connectivity index (χ4n) is 11.9. The van der Waals surface area contributed by atoms with Crippen LogP contribution in [0.4, 0.5) is 0 Å². The second-order valence-electron chi connectivity index (χ2n) is 14.1. The molecule has 4 heteroatoms. The monoisotopic (exact) mass is 490 g/mol. The highest BCUT2D eigenvalue weighted by Crippen LogP contribution is 2.67. The Morgan fingerprint density at radius 1 is 0.556 bits per heavy atom. The molecule has 8 aliphatic carbocycles. The molecule has 9 rings (SSSR count). The molecule has 0 N–H and O–H groups in total. The van der Waals surface area contributed by atoms with E-state index in [1.54, 1.807) is 0 Å². The lowest BCUT2D eigenvalue weighted by Gasteiger charge is -2.61. The molecular weight excluding hydrogens is 448 g/mol. The Hall–Kier alpha value is -1.84. The molecule has 0 spiro atoms. The summed E-state index contributed by atoms with van der Waals surface area (Å²) in [5.74, 6) is 4.15. The number of rotatable bonds is 4. The van der Waals surface area contributed by atoms with Crippen LogP contribution in [0, 0.1) is 49.4 Å². The molecule has 4 nitrogen and oxygen atoms in total. The number of hydrogen-bond donors (Lipinski definition) is 0. The average molecular weight is 491 g/mol. The van der Waals surface area contributed by atoms with Gasteiger partial charge in [0.2, 0.25) is 0 Å². The molecule has 1 aromatic carbocycles. The van der Waals surface area contributed by atoms with Gasteiger partial charge in [0.25, 0.3) is 0 Å². The van der Waals surface area contributed by atoms with Gasteiger partial charge in [-0.1, -0.05) is 0 Å². The molecule has 8 bridgehead atoms. The first-order valence-corrected chi connectivity index (χ1v) is 14.6. The molecule has 0 saturated heterocycles. The third-order valence-corrected chi connectivity index (χ3v) is 11.9. The predicted molar refractivity (Wildman–Crippen MR) is 138 cm³/mol. The largest absolute Gasteiger partial charge is 0.465 e. The van der Waals surface area contributed by atoms with E-state index in [9.17, 15) is 9.59 Å². The maximum Gasteiger partial charge on any atom is 0.339 e. The zero-order valence-electron chi connectivity index (χ0n) is 22.6. The van der Waals surface area contributed by atoms with Crippen LogP contribution in [0.25, 0.3) is 0 Å². The van der Waals surface area contributed by atoms with Gasteiger partial charge in [-0.25, -0.2) is 9.59 Å². The van der Waals surface area contributed by atoms with Crippen molar-refractivity contribution in [1.29, 1.82) is 0 Å². The van der Waals surface area contributed by atoms with E-state index in [2.05, 4.69) is 13.8 Å². The van der Waals surface area contributed by atoms with Crippen molar-refractivity contribution in [2.24, 2.45) is 35.5 Å². The predicted octanol–water partition coefficient (Wildman–Crippen LogP) is 6.81. The lowest BCUT2D eigenvalue weighted by Crippen LogP contribution is -2.53. The molecular formula is C32H42O4. The number of carbonyl (C=O) groups is 2. The molecule has 0 heterocycles. The molecule has 8 aliphatic rings. The standard InChI is InChI=1S/C32H42O4/c1-17-25(29(33)35-3)26(30(34)36-4)18(2)28(32-14-22-8-23(15-32)10-24(9-22)16-32)27(17)31-11-19-5-20(12-31)7-21(6-19)13-31/h19-24H,5-16H2,1-4H3. The number of benzene rings is 1. The van der Waals surface area contributed by atoms with Crippen LogP contribution in [0.5, 0.6) is 0 Å². The Morgan fingerprint density at radius 2 is 0.806 bits per heavy atom. The van der Waals surface area contributed by atoms with Crippen molar-refractivity contribution in [3.63, 3.8) is 0 Å². The lowest BCUT2D eigenvalue weighted by atomic mass is 9.43. The molecule has 0 aliphatic heterocycles. The van der Waals surface area contributed by atoms with Crippen LogP contribution >= 0.6 is 0 Å². The van der Waals surface area contributed by atoms with Gasteiger partial charge in [-0.2, -0.15) is 0 Å². The van der Waals surface area contributed by atoms with E-state index < -0.39 is 0 Å². The first-order chi connectivity index (χ1) is 17.3. The summed E-state index contributed by atoms with van der Waals surface area (Å²) in [5, 5.41) is 0. The molecule has 0 amide bonds. The number of ether oxygens (including phenoxy) is 2. The van der Waals surface area contributed by atoms with E-state index >= 15 is 0 Å². The zero-order valence-corrected chi connectivity index (χ0v) is 22.6. The van der Waals surface area contributed by atoms with Crippen LogP contribution < -0.4 is 0 Å². The van der Waals surface area contributed by atoms with Crippen LogP contribution in [0.2, 0.25) is 0 Å². The highest BCUT2D eigenvalue weighted by Gasteiger charge is 2.58. The number of carbonyl (C=O) groups excluding carboxylic acids is 2. The fourth-order valence-corrected chi connectivity index (χ4v) is 11.9. The summed E-state index contributed by atoms with van der Waals surface area (Å²) >= 11 is 0. The Balaban J connectivity index is 1.53. The van der Waals surface area contributed by atoms with E-state index in [0.29, 0.717) is 11.1 Å². The van der Waals surface area contributed by atoms with Crippen molar-refractivity contribution in [3.8, 4) is 0 Å². The van der Waals surface area contributed by atoms with E-state index in [0.717, 1.165) is 46.6 Å². The van der Waals surface area contributed by atoms with Gasteiger partial charge < -0.3 is 9.47 Å². The van der Waals surface area contributed by atoms with Crippen LogP contribution in [0.15, 0.2) is 0 Å². The Kier molecular flexibility index (Phi) is 5.07. The molecule has 0 atom stereocenters. The molecule has 36 heavy (non-hydrogen) atoms. The fraction of sp³-hybridized carbons (Fsp3) is 0.750. The average Bonchev–Trinajstić information content (AvgIpc) is 2.81. The van der Waals surface area contributed by atoms with Crippen LogP contribution in [-0.4, -0.2) is 26.2 Å². The van der Waals surface area contributed by atoms with Gasteiger partial charge in [0.1, 0.15) is 0 Å². The van der Waals surface area contributed by atoms with E-state index in [-0.39, 0.29) is 22.8 Å². The third kappa shape index (κ3) is 3.11. The van der Waals surface area contributed by atoms with Crippen molar-refractivity contribution >= 4 is 11.9 Å². The van der Waals surface area contributed by atoms with Crippen molar-refractivity contribution in [1.82, 2.24) is 0 Å². The maximum atomic E-state index is 13.3. The Bertz CT molecular complexity index is 984. The van der Waals surface area contributed by atoms with Gasteiger partial charge in [-0.3, -0.25) is 0 Å². The molecule has 0 radical (unpaired) electrons. The minimum Gasteiger partial charge on any atom is -0.465 e. The molecule has 1 aromatic rings. The van der Waals surface area contributed by atoms with Gasteiger partial charge >= 0.3 is 11.9 Å². The molecule has 0 aromatic heterocycles. The first-order valence-electron chi connectivity index (χ1n) is 14.6. The summed E-state index contributed by atoms with van der Waals surface area (Å²) in [6.07, 6.45) is 15.9. The number of esters is 2. The molecule has 194 valence electrons. The van der Waals surface area contributed by atoms with Crippen LogP contribution in [0.3, 0.4) is 0 Å². The number of methoxy groups -OCH3 is 2. The minimum absolute atomic E-state index is 0.152. The van der Waals surface area contributed by atoms with Gasteiger partial charge in [0, 0.05) is 0 Å². The highest BCUT2D eigenvalue weighted by atomic mass is 16.5. The van der Waals surface area contributed by atoms with Crippen molar-refractivity contribution in [2.75, 3.05) is 14.2 Å². The van der Waals surface area contributed by atoms with E-state index in [4.69, 9.17) is 9.47 Å². The topological polar surface area (TPSA) is 52.6 Å². The quantitative estimate of drug-likeness (QED) is 0.435. The van der Waals surface area contributed by atoms with Gasteiger partial charge in [0.15, 0.2) is 0 Å². The summed E-state index contributed by atoms with van der Waals surface area (Å²) in [7, 11) is 2.88. The second-order valence-corrected chi connectivity index (χ2v) is 14.1. The molecule has 8 saturated carbocycles. The summed E-state index contributed by atoms with van der Waals surface area (Å²) in [6.45, 7) is 4.27. The molecule has 0 unspecified atom stereocenters. The van der Waals surface area contributed by atoms with E-state index in [1.807, 2.05) is 0 Å². The highest BCUT2D eigenvalue weighted by molar-refractivity contribution is 6.06. The Labute approximate surface area is 215 Å². The lowest BCUT2D eigenvalue weighted by molar-refractivity contribution is -0.0180. The van der Waals surface area contributed by atoms with Crippen molar-refractivity contribution < 1.29 is 19.1 Å². The first kappa shape index (κ1) is 23.3. The second kappa shape index (κ2) is 7.84. The van der Waals surface area contributed by atoms with Gasteiger partial charge in [0.05, 0.1) is 25.3 Å². The minimum atomic E-state index is -0.390. The van der Waals surface area contributed by atoms with Crippen LogP contribution in [0.1, 0.15) is 120 Å². The van der Waals surface area contributed by atoms with Crippen LogP contribution in [-0.2, 0) is 20.3 Å². The summed E-state index contributed by atoms with van der Waals surface area (Å²) in [4.78, 5) is 26.7. The SMILES string of the molecule is COC(=O)c1c(C)c(C23CC4CC(CC(C4)C2)C3)c(C23CC4CC(CC(C4)C2)C3)c(C)c1C(=O)OC. The summed E-state index contributed by atoms with van der Waals surface area (Å²) in [6, 6.07) is 0. The van der Waals surface area contributed by atoms with E-state index in [1.165, 1.54) is 102 Å². The zero-order chi connectivity index (χ0) is 25.0. The summed E-state index contributed by atoms with van der Waals surface area (Å²) < 4.78 is 10.6. The summed E-state index contributed by atoms with van der Waals surface area (Å²) in [5.41, 5.74) is 6.27. The Morgan fingerprint density at radius 3 is 1.03 bits per heavy atom. The van der Waals surface area contributed by atoms with Gasteiger partial charge in [-0.15, -0.1) is 0 Å². The normalized spacial score (nSPS) is 41.6. The third-order valence-electron chi connectivity index (χ3n) is 11.9.